The summed E-state index contributed by atoms with van der Waals surface area (Å²) >= 11 is 0. The van der Waals surface area contributed by atoms with Crippen LogP contribution < -0.4 is 10.9 Å². The largest absolute Gasteiger partial charge is 0.306 e. The second kappa shape index (κ2) is 8.03. The molecule has 0 aliphatic rings. The quantitative estimate of drug-likeness (QED) is 0.426. The van der Waals surface area contributed by atoms with Gasteiger partial charge in [0.1, 0.15) is 22.8 Å². The van der Waals surface area contributed by atoms with Gasteiger partial charge in [0.05, 0.1) is 23.1 Å². The highest BCUT2D eigenvalue weighted by atomic mass is 19.1. The standard InChI is InChI=1S/C23H17F2N7O2/c1-12-4-3-5-15(8-12)31-20-17(11-26-31)22(34)29-23(28-20)32-19(9-13(2)30-32)27-21(33)16-7-6-14(24)10-18(16)25/h3-11H,1-2H3,(H,27,33)(H,28,29,34). The predicted octanol–water partition coefficient (Wildman–Crippen LogP) is 3.44. The number of carbonyl (C=O) groups excluding carboxylic acids is 1. The second-order valence-electron chi connectivity index (χ2n) is 7.68. The molecule has 0 aliphatic heterocycles. The second-order valence-corrected chi connectivity index (χ2v) is 7.68. The average Bonchev–Trinajstić information content (AvgIpc) is 3.37. The third-order valence-corrected chi connectivity index (χ3v) is 5.12. The fourth-order valence-electron chi connectivity index (χ4n) is 3.56. The molecule has 9 nitrogen and oxygen atoms in total. The number of nitrogens with zero attached hydrogens (tertiary/aromatic N) is 5. The molecule has 0 saturated heterocycles. The zero-order valence-electron chi connectivity index (χ0n) is 18.0. The molecule has 3 aromatic heterocycles. The van der Waals surface area contributed by atoms with Gasteiger partial charge in [-0.25, -0.2) is 13.5 Å². The van der Waals surface area contributed by atoms with Crippen molar-refractivity contribution in [3.8, 4) is 11.6 Å². The van der Waals surface area contributed by atoms with E-state index in [1.54, 1.807) is 6.92 Å². The van der Waals surface area contributed by atoms with Gasteiger partial charge in [-0.05, 0) is 43.7 Å². The molecule has 0 spiro atoms. The first-order chi connectivity index (χ1) is 16.3. The van der Waals surface area contributed by atoms with Crippen molar-refractivity contribution in [3.05, 3.63) is 93.5 Å². The SMILES string of the molecule is Cc1cccc(-n2ncc3c(=O)[nH]c(-n4nc(C)cc4NC(=O)c4ccc(F)cc4F)nc32)c1. The molecule has 5 rings (SSSR count). The Morgan fingerprint density at radius 1 is 1.06 bits per heavy atom. The topological polar surface area (TPSA) is 110 Å². The number of aromatic nitrogens is 6. The van der Waals surface area contributed by atoms with Crippen LogP contribution in [-0.2, 0) is 0 Å². The minimum absolute atomic E-state index is 0.0230. The summed E-state index contributed by atoms with van der Waals surface area (Å²) in [6.07, 6.45) is 1.42. The molecule has 1 amide bonds. The van der Waals surface area contributed by atoms with Gasteiger partial charge in [0.2, 0.25) is 5.95 Å². The van der Waals surface area contributed by atoms with Gasteiger partial charge < -0.3 is 5.32 Å². The number of carbonyl (C=O) groups is 1. The van der Waals surface area contributed by atoms with Crippen LogP contribution >= 0.6 is 0 Å². The molecule has 170 valence electrons. The van der Waals surface area contributed by atoms with Gasteiger partial charge in [0.15, 0.2) is 5.65 Å². The van der Waals surface area contributed by atoms with Crippen LogP contribution in [0, 0.1) is 25.5 Å². The lowest BCUT2D eigenvalue weighted by Crippen LogP contribution is -2.19. The lowest BCUT2D eigenvalue weighted by atomic mass is 10.2. The van der Waals surface area contributed by atoms with E-state index in [1.165, 1.54) is 21.6 Å². The van der Waals surface area contributed by atoms with E-state index in [1.807, 2.05) is 31.2 Å². The van der Waals surface area contributed by atoms with Crippen molar-refractivity contribution in [1.82, 2.24) is 29.5 Å². The summed E-state index contributed by atoms with van der Waals surface area (Å²) in [6, 6.07) is 11.7. The van der Waals surface area contributed by atoms with E-state index in [0.29, 0.717) is 17.4 Å². The molecule has 2 aromatic carbocycles. The number of rotatable bonds is 4. The first-order valence-corrected chi connectivity index (χ1v) is 10.2. The maximum Gasteiger partial charge on any atom is 0.263 e. The number of aromatic amines is 1. The van der Waals surface area contributed by atoms with Crippen LogP contribution in [0.5, 0.6) is 0 Å². The third kappa shape index (κ3) is 3.72. The van der Waals surface area contributed by atoms with Crippen molar-refractivity contribution in [2.75, 3.05) is 5.32 Å². The molecular formula is C23H17F2N7O2. The summed E-state index contributed by atoms with van der Waals surface area (Å²) in [5, 5.41) is 11.4. The molecule has 34 heavy (non-hydrogen) atoms. The number of halogens is 2. The maximum absolute atomic E-state index is 14.1. The minimum Gasteiger partial charge on any atom is -0.306 e. The van der Waals surface area contributed by atoms with Crippen molar-refractivity contribution in [1.29, 1.82) is 0 Å². The van der Waals surface area contributed by atoms with E-state index in [0.717, 1.165) is 23.4 Å². The number of hydrogen-bond donors (Lipinski definition) is 2. The Hall–Kier alpha value is -4.67. The number of amides is 1. The van der Waals surface area contributed by atoms with E-state index in [-0.39, 0.29) is 22.7 Å². The highest BCUT2D eigenvalue weighted by Gasteiger charge is 2.19. The van der Waals surface area contributed by atoms with E-state index in [4.69, 9.17) is 0 Å². The summed E-state index contributed by atoms with van der Waals surface area (Å²) < 4.78 is 30.0. The number of hydrogen-bond acceptors (Lipinski definition) is 5. The molecule has 0 saturated carbocycles. The highest BCUT2D eigenvalue weighted by Crippen LogP contribution is 2.20. The van der Waals surface area contributed by atoms with Gasteiger partial charge in [-0.2, -0.15) is 19.9 Å². The fourth-order valence-corrected chi connectivity index (χ4v) is 3.56. The van der Waals surface area contributed by atoms with Gasteiger partial charge in [0.25, 0.3) is 11.5 Å². The molecule has 0 atom stereocenters. The fraction of sp³-hybridized carbons (Fsp3) is 0.0870. The van der Waals surface area contributed by atoms with E-state index in [2.05, 4.69) is 25.5 Å². The van der Waals surface area contributed by atoms with Gasteiger partial charge in [-0.15, -0.1) is 0 Å². The Morgan fingerprint density at radius 3 is 2.65 bits per heavy atom. The first kappa shape index (κ1) is 21.2. The summed E-state index contributed by atoms with van der Waals surface area (Å²) in [7, 11) is 0. The van der Waals surface area contributed by atoms with Crippen LogP contribution in [-0.4, -0.2) is 35.4 Å². The van der Waals surface area contributed by atoms with Crippen molar-refractivity contribution < 1.29 is 13.6 Å². The van der Waals surface area contributed by atoms with Crippen LogP contribution in [0.25, 0.3) is 22.7 Å². The van der Waals surface area contributed by atoms with E-state index >= 15 is 0 Å². The van der Waals surface area contributed by atoms with Crippen LogP contribution in [0.1, 0.15) is 21.6 Å². The van der Waals surface area contributed by atoms with E-state index < -0.39 is 23.1 Å². The Bertz CT molecular complexity index is 1630. The molecule has 0 aliphatic carbocycles. The molecule has 11 heteroatoms. The Morgan fingerprint density at radius 2 is 1.88 bits per heavy atom. The number of nitrogens with one attached hydrogen (secondary N) is 2. The van der Waals surface area contributed by atoms with Crippen molar-refractivity contribution in [2.45, 2.75) is 13.8 Å². The van der Waals surface area contributed by atoms with Crippen LogP contribution in [0.2, 0.25) is 0 Å². The smallest absolute Gasteiger partial charge is 0.263 e. The normalized spacial score (nSPS) is 11.2. The predicted molar refractivity (Wildman–Crippen MR) is 120 cm³/mol. The lowest BCUT2D eigenvalue weighted by molar-refractivity contribution is 0.102. The summed E-state index contributed by atoms with van der Waals surface area (Å²) in [6.45, 7) is 3.62. The number of benzene rings is 2. The molecule has 5 aromatic rings. The monoisotopic (exact) mass is 461 g/mol. The average molecular weight is 461 g/mol. The zero-order valence-corrected chi connectivity index (χ0v) is 18.0. The first-order valence-electron chi connectivity index (χ1n) is 10.2. The number of aryl methyl sites for hydroxylation is 2. The summed E-state index contributed by atoms with van der Waals surface area (Å²) in [5.41, 5.74) is 1.72. The minimum atomic E-state index is -1.00. The molecule has 2 N–H and O–H groups in total. The number of H-pyrrole nitrogens is 1. The van der Waals surface area contributed by atoms with Gasteiger partial charge in [-0.1, -0.05) is 12.1 Å². The third-order valence-electron chi connectivity index (χ3n) is 5.12. The Kier molecular flexibility index (Phi) is 5.01. The van der Waals surface area contributed by atoms with Crippen LogP contribution in [0.3, 0.4) is 0 Å². The summed E-state index contributed by atoms with van der Waals surface area (Å²) in [5.74, 6) is -2.46. The lowest BCUT2D eigenvalue weighted by Gasteiger charge is -2.09. The Labute approximate surface area is 190 Å². The highest BCUT2D eigenvalue weighted by molar-refractivity contribution is 6.04. The maximum atomic E-state index is 14.1. The molecule has 0 bridgehead atoms. The van der Waals surface area contributed by atoms with Gasteiger partial charge in [-0.3, -0.25) is 14.6 Å². The molecule has 0 unspecified atom stereocenters. The molecule has 3 heterocycles. The van der Waals surface area contributed by atoms with Crippen molar-refractivity contribution >= 4 is 22.8 Å². The number of fused-ring (bicyclic) bond motifs is 1. The van der Waals surface area contributed by atoms with Gasteiger partial charge in [0, 0.05) is 12.1 Å². The Balaban J connectivity index is 1.59. The number of anilines is 1. The van der Waals surface area contributed by atoms with Crippen molar-refractivity contribution in [2.24, 2.45) is 0 Å². The van der Waals surface area contributed by atoms with E-state index in [9.17, 15) is 18.4 Å². The van der Waals surface area contributed by atoms with Crippen LogP contribution in [0.4, 0.5) is 14.6 Å². The molecule has 0 radical (unpaired) electrons. The molecule has 0 fully saturated rings. The van der Waals surface area contributed by atoms with Gasteiger partial charge >= 0.3 is 0 Å². The van der Waals surface area contributed by atoms with Crippen LogP contribution in [0.15, 0.2) is 59.5 Å². The van der Waals surface area contributed by atoms with Crippen molar-refractivity contribution in [3.63, 3.8) is 0 Å². The summed E-state index contributed by atoms with van der Waals surface area (Å²) in [4.78, 5) is 32.5. The molecular weight excluding hydrogens is 444 g/mol. The zero-order chi connectivity index (χ0) is 24.0.